The van der Waals surface area contributed by atoms with Gasteiger partial charge in [-0.05, 0) is 24.3 Å². The molecule has 0 radical (unpaired) electrons. The molecule has 5 aromatic rings. The molecule has 0 saturated heterocycles. The summed E-state index contributed by atoms with van der Waals surface area (Å²) in [5.41, 5.74) is 2.17. The van der Waals surface area contributed by atoms with Crippen LogP contribution >= 0.6 is 0 Å². The van der Waals surface area contributed by atoms with Crippen LogP contribution in [0, 0.1) is 0 Å². The molecule has 3 aromatic carbocycles. The molecule has 0 spiro atoms. The van der Waals surface area contributed by atoms with E-state index >= 15 is 8.78 Å². The highest BCUT2D eigenvalue weighted by Gasteiger charge is 2.39. The molecule has 2 heterocycles. The summed E-state index contributed by atoms with van der Waals surface area (Å²) >= 11 is 0. The minimum Gasteiger partial charge on any atom is -0.274 e. The Bertz CT molecular complexity index is 1260. The molecule has 5 rings (SSSR count). The first kappa shape index (κ1) is 15.0. The van der Waals surface area contributed by atoms with Gasteiger partial charge in [-0.25, -0.2) is 9.97 Å². The van der Waals surface area contributed by atoms with Crippen LogP contribution in [-0.2, 0) is 5.92 Å². The quantitative estimate of drug-likeness (QED) is 0.441. The maximum Gasteiger partial charge on any atom is 0.330 e. The minimum atomic E-state index is -3.26. The van der Waals surface area contributed by atoms with Gasteiger partial charge in [0.25, 0.3) is 0 Å². The van der Waals surface area contributed by atoms with Gasteiger partial charge < -0.3 is 0 Å². The lowest BCUT2D eigenvalue weighted by molar-refractivity contribution is 0.0322. The summed E-state index contributed by atoms with van der Waals surface area (Å²) in [6.07, 6.45) is 0. The Kier molecular flexibility index (Phi) is 3.06. The van der Waals surface area contributed by atoms with Crippen molar-refractivity contribution >= 4 is 27.6 Å². The summed E-state index contributed by atoms with van der Waals surface area (Å²) in [6, 6.07) is 22.3. The number of fused-ring (bicyclic) bond motifs is 5. The number of alkyl halides is 2. The Labute approximate surface area is 147 Å². The zero-order chi connectivity index (χ0) is 17.7. The molecule has 126 valence electrons. The third kappa shape index (κ3) is 2.03. The van der Waals surface area contributed by atoms with E-state index in [0.29, 0.717) is 22.2 Å². The Hall–Kier alpha value is -3.34. The first-order valence-electron chi connectivity index (χ1n) is 8.26. The van der Waals surface area contributed by atoms with Gasteiger partial charge in [-0.3, -0.25) is 4.40 Å². The molecule has 3 nitrogen and oxygen atoms in total. The molecule has 0 atom stereocenters. The number of benzene rings is 3. The summed E-state index contributed by atoms with van der Waals surface area (Å²) < 4.78 is 32.4. The van der Waals surface area contributed by atoms with Gasteiger partial charge in [-0.15, -0.1) is 0 Å². The summed E-state index contributed by atoms with van der Waals surface area (Å²) in [5.74, 6) is -3.58. The number of para-hydroxylation sites is 3. The van der Waals surface area contributed by atoms with Gasteiger partial charge in [0, 0.05) is 10.9 Å². The molecule has 0 aliphatic carbocycles. The number of imidazole rings is 1. The first-order chi connectivity index (χ1) is 12.7. The zero-order valence-corrected chi connectivity index (χ0v) is 13.6. The number of rotatable bonds is 2. The van der Waals surface area contributed by atoms with E-state index in [1.807, 2.05) is 30.3 Å². The topological polar surface area (TPSA) is 30.2 Å². The van der Waals surface area contributed by atoms with Crippen molar-refractivity contribution in [2.75, 3.05) is 0 Å². The second-order valence-corrected chi connectivity index (χ2v) is 6.15. The van der Waals surface area contributed by atoms with Crippen LogP contribution < -0.4 is 0 Å². The third-order valence-corrected chi connectivity index (χ3v) is 4.56. The lowest BCUT2D eigenvalue weighted by Gasteiger charge is -2.19. The first-order valence-corrected chi connectivity index (χ1v) is 8.26. The van der Waals surface area contributed by atoms with Gasteiger partial charge in [0.1, 0.15) is 5.65 Å². The largest absolute Gasteiger partial charge is 0.330 e. The molecule has 2 aromatic heterocycles. The highest BCUT2D eigenvalue weighted by atomic mass is 19.3. The lowest BCUT2D eigenvalue weighted by Crippen LogP contribution is -2.21. The SMILES string of the molecule is FC(F)(c1ccccc1)c1nc2ccccc2c2nc3ccccc3n12. The number of nitrogens with zero attached hydrogens (tertiary/aromatic N) is 3. The van der Waals surface area contributed by atoms with E-state index < -0.39 is 5.92 Å². The van der Waals surface area contributed by atoms with Crippen LogP contribution in [0.25, 0.3) is 27.6 Å². The molecule has 0 aliphatic rings. The number of hydrogen-bond donors (Lipinski definition) is 0. The van der Waals surface area contributed by atoms with Crippen LogP contribution in [0.2, 0.25) is 0 Å². The Morgan fingerprint density at radius 3 is 2.15 bits per heavy atom. The summed E-state index contributed by atoms with van der Waals surface area (Å²) in [6.45, 7) is 0. The molecular weight excluding hydrogens is 332 g/mol. The van der Waals surface area contributed by atoms with E-state index in [-0.39, 0.29) is 11.4 Å². The van der Waals surface area contributed by atoms with Crippen molar-refractivity contribution < 1.29 is 8.78 Å². The van der Waals surface area contributed by atoms with Crippen LogP contribution in [-0.4, -0.2) is 14.4 Å². The van der Waals surface area contributed by atoms with E-state index in [0.717, 1.165) is 5.39 Å². The zero-order valence-electron chi connectivity index (χ0n) is 13.6. The molecule has 0 aliphatic heterocycles. The average molecular weight is 345 g/mol. The standard InChI is InChI=1S/C21H13F2N3/c22-21(23,14-8-2-1-3-9-14)20-25-16-11-5-4-10-15(16)19-24-17-12-6-7-13-18(17)26(19)20/h1-13H. The van der Waals surface area contributed by atoms with Gasteiger partial charge >= 0.3 is 5.92 Å². The van der Waals surface area contributed by atoms with E-state index in [2.05, 4.69) is 9.97 Å². The maximum absolute atomic E-state index is 15.4. The molecule has 0 bridgehead atoms. The van der Waals surface area contributed by atoms with Crippen LogP contribution in [0.15, 0.2) is 78.9 Å². The molecule has 0 saturated carbocycles. The van der Waals surface area contributed by atoms with Gasteiger partial charge in [0.2, 0.25) is 0 Å². The fourth-order valence-electron chi connectivity index (χ4n) is 3.33. The van der Waals surface area contributed by atoms with Crippen molar-refractivity contribution in [2.45, 2.75) is 5.92 Å². The minimum absolute atomic E-state index is 0.0955. The summed E-state index contributed by atoms with van der Waals surface area (Å²) in [5, 5.41) is 0.747. The van der Waals surface area contributed by atoms with Gasteiger partial charge in [0.05, 0.1) is 16.6 Å². The smallest absolute Gasteiger partial charge is 0.274 e. The van der Waals surface area contributed by atoms with Crippen LogP contribution in [0.1, 0.15) is 11.4 Å². The molecule has 5 heteroatoms. The normalized spacial score (nSPS) is 12.2. The van der Waals surface area contributed by atoms with Crippen molar-refractivity contribution in [1.29, 1.82) is 0 Å². The lowest BCUT2D eigenvalue weighted by atomic mass is 10.1. The van der Waals surface area contributed by atoms with E-state index in [4.69, 9.17) is 0 Å². The highest BCUT2D eigenvalue weighted by Crippen LogP contribution is 2.37. The molecular formula is C21H13F2N3. The van der Waals surface area contributed by atoms with E-state index in [1.165, 1.54) is 16.5 Å². The molecule has 0 fully saturated rings. The number of aromatic nitrogens is 3. The summed E-state index contributed by atoms with van der Waals surface area (Å²) in [4.78, 5) is 8.95. The van der Waals surface area contributed by atoms with Gasteiger partial charge in [-0.2, -0.15) is 8.78 Å². The van der Waals surface area contributed by atoms with Crippen LogP contribution in [0.5, 0.6) is 0 Å². The van der Waals surface area contributed by atoms with Gasteiger partial charge in [0.15, 0.2) is 5.82 Å². The predicted octanol–water partition coefficient (Wildman–Crippen LogP) is 5.18. The molecule has 0 unspecified atom stereocenters. The second-order valence-electron chi connectivity index (χ2n) is 6.15. The Morgan fingerprint density at radius 2 is 1.35 bits per heavy atom. The van der Waals surface area contributed by atoms with Crippen LogP contribution in [0.3, 0.4) is 0 Å². The van der Waals surface area contributed by atoms with Crippen molar-refractivity contribution in [3.63, 3.8) is 0 Å². The molecule has 26 heavy (non-hydrogen) atoms. The maximum atomic E-state index is 15.4. The number of hydrogen-bond acceptors (Lipinski definition) is 2. The highest BCUT2D eigenvalue weighted by molar-refractivity contribution is 5.96. The fourth-order valence-corrected chi connectivity index (χ4v) is 3.33. The van der Waals surface area contributed by atoms with Crippen LogP contribution in [0.4, 0.5) is 8.78 Å². The van der Waals surface area contributed by atoms with Crippen molar-refractivity contribution in [3.05, 3.63) is 90.3 Å². The van der Waals surface area contributed by atoms with Crippen molar-refractivity contribution in [1.82, 2.24) is 14.4 Å². The van der Waals surface area contributed by atoms with E-state index in [9.17, 15) is 0 Å². The van der Waals surface area contributed by atoms with Gasteiger partial charge in [-0.1, -0.05) is 54.6 Å². The second kappa shape index (κ2) is 5.33. The molecule has 0 N–H and O–H groups in total. The summed E-state index contributed by atoms with van der Waals surface area (Å²) in [7, 11) is 0. The fraction of sp³-hybridized carbons (Fsp3) is 0.0476. The Balaban J connectivity index is 1.98. The average Bonchev–Trinajstić information content (AvgIpc) is 3.08. The third-order valence-electron chi connectivity index (χ3n) is 4.56. The molecule has 0 amide bonds. The monoisotopic (exact) mass is 345 g/mol. The predicted molar refractivity (Wildman–Crippen MR) is 97.4 cm³/mol. The van der Waals surface area contributed by atoms with E-state index in [1.54, 1.807) is 36.4 Å². The Morgan fingerprint density at radius 1 is 0.692 bits per heavy atom. The number of halogens is 2. The van der Waals surface area contributed by atoms with Crippen molar-refractivity contribution in [3.8, 4) is 0 Å². The van der Waals surface area contributed by atoms with Crippen molar-refractivity contribution in [2.24, 2.45) is 0 Å².